The number of carbonyl (C=O) groups is 1. The van der Waals surface area contributed by atoms with Gasteiger partial charge in [0.25, 0.3) is 0 Å². The van der Waals surface area contributed by atoms with Crippen molar-refractivity contribution in [3.63, 3.8) is 0 Å². The smallest absolute Gasteiger partial charge is 0.368 e. The fourth-order valence-electron chi connectivity index (χ4n) is 2.31. The van der Waals surface area contributed by atoms with Gasteiger partial charge in [-0.2, -0.15) is 13.2 Å². The molecule has 0 spiro atoms. The fourth-order valence-corrected chi connectivity index (χ4v) is 2.31. The van der Waals surface area contributed by atoms with Crippen molar-refractivity contribution in [2.75, 3.05) is 0 Å². The number of halogens is 4. The van der Waals surface area contributed by atoms with Crippen LogP contribution in [0, 0.1) is 11.7 Å². The van der Waals surface area contributed by atoms with E-state index in [1.165, 1.54) is 12.1 Å². The molecule has 1 aliphatic carbocycles. The first-order chi connectivity index (χ1) is 8.19. The van der Waals surface area contributed by atoms with E-state index in [0.29, 0.717) is 0 Å². The van der Waals surface area contributed by atoms with Gasteiger partial charge in [-0.05, 0) is 17.7 Å². The summed E-state index contributed by atoms with van der Waals surface area (Å²) in [5.74, 6) is -5.06. The molecule has 0 heterocycles. The standard InChI is InChI=1S/C11H10F4N2O/c12-6-3-1-5(2-4-6)7-8(11(13,14)15)10(7,17)9(16)18/h1-4,7-8H,17H2,(H2,16,18)/t7-,8-,10-/m1/s1. The maximum Gasteiger partial charge on any atom is 0.394 e. The minimum Gasteiger partial charge on any atom is -0.368 e. The van der Waals surface area contributed by atoms with Crippen LogP contribution in [0.25, 0.3) is 0 Å². The SMILES string of the molecule is NC(=O)[C@@]1(N)[C@H](c2ccc(F)cc2)[C@H]1C(F)(F)F. The van der Waals surface area contributed by atoms with Gasteiger partial charge in [-0.1, -0.05) is 12.1 Å². The molecule has 3 atom stereocenters. The van der Waals surface area contributed by atoms with Gasteiger partial charge in [0, 0.05) is 5.92 Å². The number of carbonyl (C=O) groups excluding carboxylic acids is 1. The van der Waals surface area contributed by atoms with Crippen molar-refractivity contribution >= 4 is 5.91 Å². The fraction of sp³-hybridized carbons (Fsp3) is 0.364. The van der Waals surface area contributed by atoms with Crippen molar-refractivity contribution < 1.29 is 22.4 Å². The van der Waals surface area contributed by atoms with Crippen molar-refractivity contribution in [2.45, 2.75) is 17.6 Å². The Bertz CT molecular complexity index is 485. The van der Waals surface area contributed by atoms with Gasteiger partial charge in [0.15, 0.2) is 0 Å². The zero-order valence-corrected chi connectivity index (χ0v) is 9.04. The minimum absolute atomic E-state index is 0.153. The second kappa shape index (κ2) is 3.68. The number of hydrogen-bond acceptors (Lipinski definition) is 2. The lowest BCUT2D eigenvalue weighted by Gasteiger charge is -2.08. The molecule has 1 fully saturated rings. The highest BCUT2D eigenvalue weighted by Gasteiger charge is 2.76. The zero-order valence-electron chi connectivity index (χ0n) is 9.04. The van der Waals surface area contributed by atoms with E-state index in [0.717, 1.165) is 12.1 Å². The topological polar surface area (TPSA) is 69.1 Å². The number of primary amides is 1. The molecule has 4 N–H and O–H groups in total. The average Bonchev–Trinajstić information content (AvgIpc) is 2.87. The molecule has 0 aromatic heterocycles. The van der Waals surface area contributed by atoms with E-state index in [-0.39, 0.29) is 5.56 Å². The van der Waals surface area contributed by atoms with Crippen molar-refractivity contribution in [2.24, 2.45) is 17.4 Å². The van der Waals surface area contributed by atoms with E-state index >= 15 is 0 Å². The Morgan fingerprint density at radius 1 is 1.22 bits per heavy atom. The monoisotopic (exact) mass is 262 g/mol. The number of nitrogens with two attached hydrogens (primary N) is 2. The summed E-state index contributed by atoms with van der Waals surface area (Å²) in [6, 6.07) is 4.39. The molecular formula is C11H10F4N2O. The first kappa shape index (κ1) is 12.8. The molecule has 18 heavy (non-hydrogen) atoms. The maximum absolute atomic E-state index is 12.7. The van der Waals surface area contributed by atoms with E-state index in [1.54, 1.807) is 0 Å². The number of alkyl halides is 3. The highest BCUT2D eigenvalue weighted by atomic mass is 19.4. The molecule has 98 valence electrons. The molecule has 1 aromatic rings. The summed E-state index contributed by atoms with van der Waals surface area (Å²) < 4.78 is 51.0. The normalized spacial score (nSPS) is 31.2. The number of rotatable bonds is 2. The largest absolute Gasteiger partial charge is 0.394 e. The molecule has 0 radical (unpaired) electrons. The Morgan fingerprint density at radius 3 is 2.06 bits per heavy atom. The summed E-state index contributed by atoms with van der Waals surface area (Å²) in [4.78, 5) is 11.1. The van der Waals surface area contributed by atoms with Crippen molar-refractivity contribution in [3.05, 3.63) is 35.6 Å². The molecule has 1 amide bonds. The Balaban J connectivity index is 2.39. The van der Waals surface area contributed by atoms with Gasteiger partial charge >= 0.3 is 6.18 Å². The van der Waals surface area contributed by atoms with Crippen LogP contribution in [0.3, 0.4) is 0 Å². The Kier molecular flexibility index (Phi) is 2.62. The van der Waals surface area contributed by atoms with Crippen LogP contribution < -0.4 is 11.5 Å². The van der Waals surface area contributed by atoms with Gasteiger partial charge in [0.1, 0.15) is 11.4 Å². The summed E-state index contributed by atoms with van der Waals surface area (Å²) in [7, 11) is 0. The molecule has 0 aliphatic heterocycles. The van der Waals surface area contributed by atoms with Gasteiger partial charge in [-0.15, -0.1) is 0 Å². The molecule has 7 heteroatoms. The minimum atomic E-state index is -4.62. The molecule has 2 rings (SSSR count). The van der Waals surface area contributed by atoms with Crippen LogP contribution in [0.5, 0.6) is 0 Å². The van der Waals surface area contributed by atoms with Crippen molar-refractivity contribution in [3.8, 4) is 0 Å². The molecule has 0 saturated heterocycles. The van der Waals surface area contributed by atoms with Crippen molar-refractivity contribution in [1.29, 1.82) is 0 Å². The Labute approximate surface area is 99.8 Å². The van der Waals surface area contributed by atoms with Gasteiger partial charge in [-0.3, -0.25) is 4.79 Å². The van der Waals surface area contributed by atoms with Crippen LogP contribution in [-0.4, -0.2) is 17.6 Å². The summed E-state index contributed by atoms with van der Waals surface area (Å²) in [5.41, 5.74) is 8.39. The quantitative estimate of drug-likeness (QED) is 0.788. The third-order valence-electron chi connectivity index (χ3n) is 3.26. The molecule has 1 aliphatic rings. The second-order valence-corrected chi connectivity index (χ2v) is 4.35. The highest BCUT2D eigenvalue weighted by molar-refractivity contribution is 5.91. The molecule has 0 bridgehead atoms. The summed E-state index contributed by atoms with van der Waals surface area (Å²) in [6.45, 7) is 0. The lowest BCUT2D eigenvalue weighted by atomic mass is 10.1. The molecular weight excluding hydrogens is 252 g/mol. The average molecular weight is 262 g/mol. The van der Waals surface area contributed by atoms with Gasteiger partial charge in [0.2, 0.25) is 5.91 Å². The zero-order chi connectivity index (χ0) is 13.7. The van der Waals surface area contributed by atoms with E-state index in [4.69, 9.17) is 11.5 Å². The third-order valence-corrected chi connectivity index (χ3v) is 3.26. The Morgan fingerprint density at radius 2 is 1.72 bits per heavy atom. The summed E-state index contributed by atoms with van der Waals surface area (Å²) in [6.07, 6.45) is -4.62. The van der Waals surface area contributed by atoms with E-state index in [9.17, 15) is 22.4 Å². The van der Waals surface area contributed by atoms with Crippen LogP contribution in [-0.2, 0) is 4.79 Å². The predicted molar refractivity (Wildman–Crippen MR) is 54.8 cm³/mol. The first-order valence-electron chi connectivity index (χ1n) is 5.10. The molecule has 1 saturated carbocycles. The van der Waals surface area contributed by atoms with Crippen LogP contribution in [0.15, 0.2) is 24.3 Å². The number of benzene rings is 1. The van der Waals surface area contributed by atoms with Crippen LogP contribution in [0.4, 0.5) is 17.6 Å². The lowest BCUT2D eigenvalue weighted by molar-refractivity contribution is -0.156. The summed E-state index contributed by atoms with van der Waals surface area (Å²) >= 11 is 0. The summed E-state index contributed by atoms with van der Waals surface area (Å²) in [5, 5.41) is 0. The molecule has 3 nitrogen and oxygen atoms in total. The van der Waals surface area contributed by atoms with E-state index < -0.39 is 35.3 Å². The van der Waals surface area contributed by atoms with Crippen LogP contribution in [0.1, 0.15) is 11.5 Å². The van der Waals surface area contributed by atoms with Gasteiger partial charge in [0.05, 0.1) is 5.92 Å². The molecule has 0 unspecified atom stereocenters. The predicted octanol–water partition coefficient (Wildman–Crippen LogP) is 1.28. The highest BCUT2D eigenvalue weighted by Crippen LogP contribution is 2.62. The second-order valence-electron chi connectivity index (χ2n) is 4.35. The first-order valence-corrected chi connectivity index (χ1v) is 5.10. The maximum atomic E-state index is 12.7. The lowest BCUT2D eigenvalue weighted by Crippen LogP contribution is -2.44. The van der Waals surface area contributed by atoms with E-state index in [2.05, 4.69) is 0 Å². The van der Waals surface area contributed by atoms with Crippen molar-refractivity contribution in [1.82, 2.24) is 0 Å². The van der Waals surface area contributed by atoms with Gasteiger partial charge in [-0.25, -0.2) is 4.39 Å². The number of amides is 1. The van der Waals surface area contributed by atoms with Crippen LogP contribution in [0.2, 0.25) is 0 Å². The molecule has 1 aromatic carbocycles. The number of hydrogen-bond donors (Lipinski definition) is 2. The van der Waals surface area contributed by atoms with Crippen LogP contribution >= 0.6 is 0 Å². The van der Waals surface area contributed by atoms with E-state index in [1.807, 2.05) is 0 Å². The third kappa shape index (κ3) is 1.74. The Hall–Kier alpha value is -1.63. The van der Waals surface area contributed by atoms with Gasteiger partial charge < -0.3 is 11.5 Å².